The van der Waals surface area contributed by atoms with Crippen molar-refractivity contribution in [2.24, 2.45) is 0 Å². The van der Waals surface area contributed by atoms with E-state index in [0.29, 0.717) is 0 Å². The molecule has 0 aliphatic carbocycles. The summed E-state index contributed by atoms with van der Waals surface area (Å²) in [5.41, 5.74) is -1.08. The summed E-state index contributed by atoms with van der Waals surface area (Å²) >= 11 is 0. The number of carbonyl (C=O) groups excluding carboxylic acids is 1. The third-order valence-corrected chi connectivity index (χ3v) is 4.45. The Hall–Kier alpha value is 1.03. The first-order chi connectivity index (χ1) is 14.4. The molecule has 0 saturated carbocycles. The van der Waals surface area contributed by atoms with E-state index in [1.165, 1.54) is 0 Å². The van der Waals surface area contributed by atoms with E-state index in [1.807, 2.05) is 12.1 Å². The van der Waals surface area contributed by atoms with Gasteiger partial charge in [-0.25, -0.2) is 26.8 Å². The molecule has 2 aromatic rings. The van der Waals surface area contributed by atoms with Crippen molar-refractivity contribution in [1.82, 2.24) is 0 Å². The summed E-state index contributed by atoms with van der Waals surface area (Å²) in [5, 5.41) is 0. The van der Waals surface area contributed by atoms with Gasteiger partial charge >= 0.3 is 139 Å². The van der Waals surface area contributed by atoms with Crippen molar-refractivity contribution < 1.29 is 183 Å². The van der Waals surface area contributed by atoms with Crippen LogP contribution in [-0.4, -0.2) is 57.0 Å². The van der Waals surface area contributed by atoms with Crippen LogP contribution in [0.4, 0.5) is 8.78 Å². The van der Waals surface area contributed by atoms with E-state index in [4.69, 9.17) is 25.3 Å². The Labute approximate surface area is 294 Å². The van der Waals surface area contributed by atoms with E-state index in [1.54, 1.807) is 0 Å². The fraction of sp³-hybridized carbons (Fsp3) is 0. The molecule has 0 aliphatic heterocycles. The van der Waals surface area contributed by atoms with Gasteiger partial charge in [-0.05, 0) is 12.1 Å². The number of hydrogen-bond donors (Lipinski definition) is 0. The van der Waals surface area contributed by atoms with Gasteiger partial charge in [-0.2, -0.15) is 0 Å². The predicted octanol–water partition coefficient (Wildman–Crippen LogP) is -13.4. The SMILES string of the molecule is O=C(c1c[c-]c(F)[c-]c1)c1cc(S(=O)(=O)[O-])c(F)c(S(=O)(=O)[O-])c1.O=S(=O)=O.O=S(=O)=O.[Na+].[Na+].[Na+].[Na+]. The van der Waals surface area contributed by atoms with Gasteiger partial charge in [0.1, 0.15) is 20.2 Å². The van der Waals surface area contributed by atoms with Crippen molar-refractivity contribution in [3.8, 4) is 0 Å². The first-order valence-electron chi connectivity index (χ1n) is 6.80. The van der Waals surface area contributed by atoms with Crippen molar-refractivity contribution >= 4 is 47.2 Å². The predicted molar refractivity (Wildman–Crippen MR) is 89.2 cm³/mol. The van der Waals surface area contributed by atoms with Gasteiger partial charge in [0.25, 0.3) is 0 Å². The molecule has 0 aromatic heterocycles. The number of halogens is 2. The van der Waals surface area contributed by atoms with Crippen molar-refractivity contribution in [2.45, 2.75) is 9.79 Å². The van der Waals surface area contributed by atoms with Crippen LogP contribution >= 0.6 is 0 Å². The third kappa shape index (κ3) is 18.3. The maximum absolute atomic E-state index is 13.8. The molecule has 0 aliphatic rings. The number of benzene rings is 2. The van der Waals surface area contributed by atoms with Crippen LogP contribution in [0, 0.1) is 23.8 Å². The Morgan fingerprint density at radius 3 is 1.22 bits per heavy atom. The van der Waals surface area contributed by atoms with Gasteiger partial charge in [-0.3, -0.25) is 16.5 Å². The van der Waals surface area contributed by atoms with Gasteiger partial charge in [0.15, 0.2) is 5.82 Å². The molecular formula is C13H4F2Na4O13S4. The smallest absolute Gasteiger partial charge is 0.744 e. The van der Waals surface area contributed by atoms with Gasteiger partial charge < -0.3 is 26.0 Å². The molecule has 176 valence electrons. The molecule has 2 rings (SSSR count). The van der Waals surface area contributed by atoms with Crippen LogP contribution in [-0.2, 0) is 41.5 Å². The van der Waals surface area contributed by atoms with Crippen molar-refractivity contribution in [1.29, 1.82) is 0 Å². The number of hydrogen-bond acceptors (Lipinski definition) is 13. The topological polar surface area (TPSA) is 234 Å². The van der Waals surface area contributed by atoms with E-state index in [9.17, 15) is 39.5 Å². The van der Waals surface area contributed by atoms with E-state index >= 15 is 0 Å². The number of rotatable bonds is 4. The molecule has 0 bridgehead atoms. The normalized spacial score (nSPS) is 9.44. The van der Waals surface area contributed by atoms with E-state index in [-0.39, 0.29) is 136 Å². The van der Waals surface area contributed by atoms with Crippen LogP contribution in [0.1, 0.15) is 15.9 Å². The zero-order chi connectivity index (χ0) is 25.4. The van der Waals surface area contributed by atoms with E-state index in [0.717, 1.165) is 12.1 Å². The molecule has 0 unspecified atom stereocenters. The zero-order valence-corrected chi connectivity index (χ0v) is 29.8. The molecule has 0 radical (unpaired) electrons. The van der Waals surface area contributed by atoms with Crippen LogP contribution in [0.3, 0.4) is 0 Å². The maximum Gasteiger partial charge on any atom is 1.00 e. The second-order valence-corrected chi connectivity index (χ2v) is 8.29. The number of carbonyl (C=O) groups is 1. The summed E-state index contributed by atoms with van der Waals surface area (Å²) in [6, 6.07) is 6.21. The van der Waals surface area contributed by atoms with Crippen LogP contribution in [0.5, 0.6) is 0 Å². The average Bonchev–Trinajstić information content (AvgIpc) is 2.59. The van der Waals surface area contributed by atoms with Crippen molar-refractivity contribution in [3.63, 3.8) is 0 Å². The molecule has 36 heavy (non-hydrogen) atoms. The second kappa shape index (κ2) is 20.9. The average molecular weight is 626 g/mol. The van der Waals surface area contributed by atoms with Crippen LogP contribution in [0.25, 0.3) is 0 Å². The fourth-order valence-electron chi connectivity index (χ4n) is 1.73. The molecule has 0 N–H and O–H groups in total. The minimum Gasteiger partial charge on any atom is -0.744 e. The summed E-state index contributed by atoms with van der Waals surface area (Å²) in [6.45, 7) is 0. The maximum atomic E-state index is 13.8. The Bertz CT molecular complexity index is 1370. The van der Waals surface area contributed by atoms with Gasteiger partial charge in [-0.15, -0.1) is 31.1 Å². The monoisotopic (exact) mass is 626 g/mol. The first kappa shape index (κ1) is 46.9. The molecule has 0 amide bonds. The summed E-state index contributed by atoms with van der Waals surface area (Å²) in [5.74, 6) is -4.11. The van der Waals surface area contributed by atoms with Gasteiger partial charge in [0, 0.05) is 5.56 Å². The quantitative estimate of drug-likeness (QED) is 0.133. The molecule has 0 spiro atoms. The van der Waals surface area contributed by atoms with Crippen molar-refractivity contribution in [2.75, 3.05) is 0 Å². The van der Waals surface area contributed by atoms with Crippen LogP contribution in [0.15, 0.2) is 34.1 Å². The standard InChI is InChI=1S/C13H6F2O7S2.4Na.2O3S/c14-9-3-1-7(2-4-9)13(16)8-5-10(23(17,18)19)12(15)11(6-8)24(20,21)22;;;;;2*1-4(2)3/h1-2,5-6H,(H,17,18,19)(H,20,21,22);;;;;;/q-2;4*+1;;/p-2. The first-order valence-corrected chi connectivity index (χ1v) is 11.6. The zero-order valence-electron chi connectivity index (χ0n) is 18.5. The Morgan fingerprint density at radius 2 is 0.972 bits per heavy atom. The van der Waals surface area contributed by atoms with Gasteiger partial charge in [-0.1, -0.05) is 0 Å². The summed E-state index contributed by atoms with van der Waals surface area (Å²) < 4.78 is 143. The Kier molecular flexibility index (Phi) is 27.2. The fourth-order valence-corrected chi connectivity index (χ4v) is 3.00. The molecule has 0 saturated heterocycles. The molecular weight excluding hydrogens is 622 g/mol. The van der Waals surface area contributed by atoms with E-state index in [2.05, 4.69) is 0 Å². The summed E-state index contributed by atoms with van der Waals surface area (Å²) in [4.78, 5) is 8.81. The molecule has 2 aromatic carbocycles. The third-order valence-electron chi connectivity index (χ3n) is 2.78. The minimum absolute atomic E-state index is 0. The van der Waals surface area contributed by atoms with E-state index < -0.39 is 74.2 Å². The minimum atomic E-state index is -5.52. The molecule has 0 atom stereocenters. The van der Waals surface area contributed by atoms with Gasteiger partial charge in [0.05, 0.1) is 15.6 Å². The summed E-state index contributed by atoms with van der Waals surface area (Å²) in [6.07, 6.45) is 0. The number of ketones is 1. The molecule has 0 heterocycles. The molecule has 13 nitrogen and oxygen atoms in total. The van der Waals surface area contributed by atoms with Gasteiger partial charge in [0.2, 0.25) is 0 Å². The van der Waals surface area contributed by atoms with Crippen molar-refractivity contribution in [3.05, 3.63) is 59.2 Å². The summed E-state index contributed by atoms with van der Waals surface area (Å²) in [7, 11) is -17.3. The Balaban J connectivity index is -0.000000235. The molecule has 23 heteroatoms. The van der Waals surface area contributed by atoms with Crippen LogP contribution in [0.2, 0.25) is 0 Å². The largest absolute Gasteiger partial charge is 1.00 e. The van der Waals surface area contributed by atoms with Crippen LogP contribution < -0.4 is 118 Å². The molecule has 0 fully saturated rings. The second-order valence-electron chi connectivity index (χ2n) is 4.78. The Morgan fingerprint density at radius 1 is 0.694 bits per heavy atom.